The molecule has 1 aliphatic heterocycles. The summed E-state index contributed by atoms with van der Waals surface area (Å²) in [4.78, 5) is 23.6. The summed E-state index contributed by atoms with van der Waals surface area (Å²) in [5.74, 6) is -3.83. The van der Waals surface area contributed by atoms with Gasteiger partial charge in [-0.05, 0) is 28.1 Å². The van der Waals surface area contributed by atoms with Gasteiger partial charge in [0.05, 0.1) is 16.9 Å². The monoisotopic (exact) mass is 333 g/mol. The van der Waals surface area contributed by atoms with Gasteiger partial charge in [0.15, 0.2) is 0 Å². The average Bonchev–Trinajstić information content (AvgIpc) is 2.72. The minimum absolute atomic E-state index is 0.0282. The number of amides is 1. The van der Waals surface area contributed by atoms with Gasteiger partial charge in [-0.25, -0.2) is 8.78 Å². The minimum Gasteiger partial charge on any atom is -0.481 e. The van der Waals surface area contributed by atoms with Crippen LogP contribution >= 0.6 is 15.9 Å². The summed E-state index contributed by atoms with van der Waals surface area (Å²) < 4.78 is 27.4. The van der Waals surface area contributed by atoms with E-state index in [1.807, 2.05) is 0 Å². The number of aliphatic carboxylic acids is 1. The van der Waals surface area contributed by atoms with Gasteiger partial charge in [0.25, 0.3) is 0 Å². The lowest BCUT2D eigenvalue weighted by Crippen LogP contribution is -2.26. The maximum Gasteiger partial charge on any atom is 0.308 e. The van der Waals surface area contributed by atoms with Crippen molar-refractivity contribution in [2.24, 2.45) is 5.92 Å². The van der Waals surface area contributed by atoms with E-state index in [0.717, 1.165) is 11.0 Å². The number of likely N-dealkylation sites (tertiary alicyclic amines) is 1. The number of carboxylic acid groups (broad SMARTS) is 1. The quantitative estimate of drug-likeness (QED) is 0.862. The Kier molecular flexibility index (Phi) is 3.84. The summed E-state index contributed by atoms with van der Waals surface area (Å²) in [5.41, 5.74) is -0.242. The van der Waals surface area contributed by atoms with Crippen molar-refractivity contribution in [3.63, 3.8) is 0 Å². The molecule has 1 aliphatic rings. The molecule has 1 N–H and O–H groups in total. The van der Waals surface area contributed by atoms with E-state index in [1.165, 1.54) is 6.07 Å². The Morgan fingerprint density at radius 2 is 2.16 bits per heavy atom. The van der Waals surface area contributed by atoms with Gasteiger partial charge in [-0.15, -0.1) is 0 Å². The van der Waals surface area contributed by atoms with Crippen LogP contribution in [0.3, 0.4) is 0 Å². The van der Waals surface area contributed by atoms with Crippen LogP contribution in [0.4, 0.5) is 8.78 Å². The molecule has 19 heavy (non-hydrogen) atoms. The SMILES string of the molecule is O=C(O)C1CC(=O)N(Cc2c(F)ccc(Br)c2F)C1. The molecule has 0 bridgehead atoms. The lowest BCUT2D eigenvalue weighted by Gasteiger charge is -2.17. The van der Waals surface area contributed by atoms with Gasteiger partial charge in [-0.2, -0.15) is 0 Å². The van der Waals surface area contributed by atoms with Crippen LogP contribution in [0.1, 0.15) is 12.0 Å². The molecule has 1 saturated heterocycles. The lowest BCUT2D eigenvalue weighted by molar-refractivity contribution is -0.141. The molecule has 0 spiro atoms. The summed E-state index contributed by atoms with van der Waals surface area (Å²) in [5, 5.41) is 8.83. The van der Waals surface area contributed by atoms with Crippen LogP contribution in [0.5, 0.6) is 0 Å². The number of hydrogen-bond donors (Lipinski definition) is 1. The predicted molar refractivity (Wildman–Crippen MR) is 65.2 cm³/mol. The van der Waals surface area contributed by atoms with Crippen molar-refractivity contribution in [1.82, 2.24) is 4.90 Å². The van der Waals surface area contributed by atoms with E-state index in [1.54, 1.807) is 0 Å². The molecule has 1 amide bonds. The normalized spacial score (nSPS) is 19.0. The second-order valence-electron chi connectivity index (χ2n) is 4.34. The zero-order chi connectivity index (χ0) is 14.2. The summed E-state index contributed by atoms with van der Waals surface area (Å²) in [6.45, 7) is -0.292. The van der Waals surface area contributed by atoms with Crippen LogP contribution in [0.15, 0.2) is 16.6 Å². The first-order valence-corrected chi connectivity index (χ1v) is 6.32. The second kappa shape index (κ2) is 5.24. The molecule has 1 aromatic rings. The molecule has 0 aromatic heterocycles. The third kappa shape index (κ3) is 2.75. The van der Waals surface area contributed by atoms with Crippen molar-refractivity contribution in [2.45, 2.75) is 13.0 Å². The summed E-state index contributed by atoms with van der Waals surface area (Å²) in [6, 6.07) is 2.33. The van der Waals surface area contributed by atoms with Crippen molar-refractivity contribution < 1.29 is 23.5 Å². The number of benzene rings is 1. The Morgan fingerprint density at radius 3 is 2.74 bits per heavy atom. The molecule has 7 heteroatoms. The van der Waals surface area contributed by atoms with E-state index in [0.29, 0.717) is 0 Å². The Morgan fingerprint density at radius 1 is 1.47 bits per heavy atom. The highest BCUT2D eigenvalue weighted by atomic mass is 79.9. The van der Waals surface area contributed by atoms with E-state index < -0.39 is 29.4 Å². The fourth-order valence-corrected chi connectivity index (χ4v) is 2.37. The minimum atomic E-state index is -1.08. The molecule has 1 fully saturated rings. The molecule has 4 nitrogen and oxygen atoms in total. The van der Waals surface area contributed by atoms with Gasteiger partial charge in [0.2, 0.25) is 5.91 Å². The number of carbonyl (C=O) groups is 2. The standard InChI is InChI=1S/C12H10BrF2NO3/c13-8-1-2-9(14)7(11(8)15)5-16-4-6(12(18)19)3-10(16)17/h1-2,6H,3-5H2,(H,18,19). The summed E-state index contributed by atoms with van der Waals surface area (Å²) in [7, 11) is 0. The van der Waals surface area contributed by atoms with Crippen LogP contribution < -0.4 is 0 Å². The van der Waals surface area contributed by atoms with E-state index >= 15 is 0 Å². The highest BCUT2D eigenvalue weighted by molar-refractivity contribution is 9.10. The molecule has 1 atom stereocenters. The summed E-state index contributed by atoms with van der Waals surface area (Å²) in [6.07, 6.45) is -0.132. The summed E-state index contributed by atoms with van der Waals surface area (Å²) >= 11 is 2.94. The van der Waals surface area contributed by atoms with Crippen molar-refractivity contribution in [2.75, 3.05) is 6.54 Å². The molecule has 0 aliphatic carbocycles. The maximum atomic E-state index is 13.8. The molecule has 2 rings (SSSR count). The fourth-order valence-electron chi connectivity index (χ4n) is 2.00. The second-order valence-corrected chi connectivity index (χ2v) is 5.19. The van der Waals surface area contributed by atoms with Crippen molar-refractivity contribution in [1.29, 1.82) is 0 Å². The van der Waals surface area contributed by atoms with Gasteiger partial charge in [-0.1, -0.05) is 0 Å². The molecule has 0 saturated carbocycles. The largest absolute Gasteiger partial charge is 0.481 e. The van der Waals surface area contributed by atoms with Crippen LogP contribution in [0.25, 0.3) is 0 Å². The van der Waals surface area contributed by atoms with Crippen LogP contribution in [-0.4, -0.2) is 28.4 Å². The zero-order valence-electron chi connectivity index (χ0n) is 9.70. The Balaban J connectivity index is 2.21. The predicted octanol–water partition coefficient (Wildman–Crippen LogP) is 2.16. The number of carbonyl (C=O) groups excluding carboxylic acids is 1. The van der Waals surface area contributed by atoms with Gasteiger partial charge in [0.1, 0.15) is 11.6 Å². The van der Waals surface area contributed by atoms with Crippen LogP contribution in [0, 0.1) is 17.6 Å². The topological polar surface area (TPSA) is 57.6 Å². The van der Waals surface area contributed by atoms with Crippen LogP contribution in [-0.2, 0) is 16.1 Å². The molecule has 102 valence electrons. The first-order chi connectivity index (χ1) is 8.90. The first kappa shape index (κ1) is 13.9. The van der Waals surface area contributed by atoms with Crippen molar-refractivity contribution >= 4 is 27.8 Å². The number of hydrogen-bond acceptors (Lipinski definition) is 2. The molecule has 1 unspecified atom stereocenters. The maximum absolute atomic E-state index is 13.8. The Bertz CT molecular complexity index is 550. The number of halogens is 3. The van der Waals surface area contributed by atoms with Crippen LogP contribution in [0.2, 0.25) is 0 Å². The Labute approximate surface area is 116 Å². The van der Waals surface area contributed by atoms with Gasteiger partial charge in [-0.3, -0.25) is 9.59 Å². The smallest absolute Gasteiger partial charge is 0.308 e. The lowest BCUT2D eigenvalue weighted by atomic mass is 10.1. The molecule has 1 heterocycles. The number of rotatable bonds is 3. The highest BCUT2D eigenvalue weighted by Gasteiger charge is 2.35. The van der Waals surface area contributed by atoms with Gasteiger partial charge >= 0.3 is 5.97 Å². The third-order valence-electron chi connectivity index (χ3n) is 3.05. The van der Waals surface area contributed by atoms with E-state index in [9.17, 15) is 18.4 Å². The number of carboxylic acids is 1. The average molecular weight is 334 g/mol. The number of nitrogens with zero attached hydrogens (tertiary/aromatic N) is 1. The fraction of sp³-hybridized carbons (Fsp3) is 0.333. The van der Waals surface area contributed by atoms with E-state index in [4.69, 9.17) is 5.11 Å². The van der Waals surface area contributed by atoms with Gasteiger partial charge < -0.3 is 10.0 Å². The Hall–Kier alpha value is -1.50. The van der Waals surface area contributed by atoms with Gasteiger partial charge in [0, 0.05) is 18.5 Å². The molecular weight excluding hydrogens is 324 g/mol. The highest BCUT2D eigenvalue weighted by Crippen LogP contribution is 2.26. The molecular formula is C12H10BrF2NO3. The first-order valence-electron chi connectivity index (χ1n) is 5.53. The van der Waals surface area contributed by atoms with E-state index in [2.05, 4.69) is 15.9 Å². The third-order valence-corrected chi connectivity index (χ3v) is 3.66. The van der Waals surface area contributed by atoms with Crippen molar-refractivity contribution in [3.05, 3.63) is 33.8 Å². The van der Waals surface area contributed by atoms with Crippen molar-refractivity contribution in [3.8, 4) is 0 Å². The van der Waals surface area contributed by atoms with E-state index in [-0.39, 0.29) is 29.5 Å². The molecule has 1 aromatic carbocycles. The molecule has 0 radical (unpaired) electrons. The zero-order valence-corrected chi connectivity index (χ0v) is 11.3.